The van der Waals surface area contributed by atoms with E-state index < -0.39 is 0 Å². The van der Waals surface area contributed by atoms with Gasteiger partial charge in [-0.3, -0.25) is 9.59 Å². The summed E-state index contributed by atoms with van der Waals surface area (Å²) in [5.41, 5.74) is 3.27. The van der Waals surface area contributed by atoms with E-state index in [1.807, 2.05) is 67.9 Å². The normalized spacial score (nSPS) is 14.6. The molecule has 2 amide bonds. The monoisotopic (exact) mass is 590 g/mol. The van der Waals surface area contributed by atoms with Crippen molar-refractivity contribution < 1.29 is 19.1 Å². The first-order valence-electron chi connectivity index (χ1n) is 12.9. The molecule has 3 heterocycles. The first-order chi connectivity index (χ1) is 19.9. The SMILES string of the molecule is COc1cccc([C@H]2CC(c3cccs3)=NN2C(=O)CSc2nnc(CNC(=O)c3cccc(C)c3)n2C)c1OC. The van der Waals surface area contributed by atoms with Crippen molar-refractivity contribution >= 4 is 40.6 Å². The number of rotatable bonds is 10. The minimum atomic E-state index is -0.350. The summed E-state index contributed by atoms with van der Waals surface area (Å²) in [5, 5.41) is 20.2. The smallest absolute Gasteiger partial charge is 0.253 e. The Bertz CT molecular complexity index is 1580. The summed E-state index contributed by atoms with van der Waals surface area (Å²) in [7, 11) is 4.99. The van der Waals surface area contributed by atoms with Crippen molar-refractivity contribution in [3.63, 3.8) is 0 Å². The lowest BCUT2D eigenvalue weighted by molar-refractivity contribution is -0.130. The van der Waals surface area contributed by atoms with E-state index in [1.165, 1.54) is 11.8 Å². The highest BCUT2D eigenvalue weighted by Crippen LogP contribution is 2.42. The molecular formula is C29H30N6O4S2. The Balaban J connectivity index is 1.29. The quantitative estimate of drug-likeness (QED) is 0.269. The fourth-order valence-electron chi connectivity index (χ4n) is 4.61. The number of thiophene rings is 1. The van der Waals surface area contributed by atoms with Crippen molar-refractivity contribution in [3.05, 3.63) is 87.4 Å². The summed E-state index contributed by atoms with van der Waals surface area (Å²) in [6.45, 7) is 2.15. The highest BCUT2D eigenvalue weighted by Gasteiger charge is 2.36. The highest BCUT2D eigenvalue weighted by atomic mass is 32.2. The molecule has 2 aromatic carbocycles. The molecule has 1 atom stereocenters. The number of para-hydroxylation sites is 1. The summed E-state index contributed by atoms with van der Waals surface area (Å²) in [5.74, 6) is 1.50. The molecule has 212 valence electrons. The van der Waals surface area contributed by atoms with Crippen LogP contribution in [0.5, 0.6) is 11.5 Å². The van der Waals surface area contributed by atoms with Crippen molar-refractivity contribution in [1.29, 1.82) is 0 Å². The van der Waals surface area contributed by atoms with Gasteiger partial charge in [-0.25, -0.2) is 5.01 Å². The van der Waals surface area contributed by atoms with Crippen LogP contribution in [0.4, 0.5) is 0 Å². The van der Waals surface area contributed by atoms with E-state index in [9.17, 15) is 9.59 Å². The van der Waals surface area contributed by atoms with Gasteiger partial charge in [0.15, 0.2) is 22.5 Å². The van der Waals surface area contributed by atoms with E-state index in [-0.39, 0.29) is 30.2 Å². The molecule has 5 rings (SSSR count). The average Bonchev–Trinajstić information content (AvgIpc) is 3.75. The number of thioether (sulfide) groups is 1. The largest absolute Gasteiger partial charge is 0.493 e. The molecule has 0 fully saturated rings. The third-order valence-electron chi connectivity index (χ3n) is 6.70. The molecule has 1 N–H and O–H groups in total. The number of hydrazone groups is 1. The van der Waals surface area contributed by atoms with Crippen LogP contribution < -0.4 is 14.8 Å². The number of carbonyl (C=O) groups excluding carboxylic acids is 2. The highest BCUT2D eigenvalue weighted by molar-refractivity contribution is 7.99. The standard InChI is InChI=1S/C29H30N6O4S2/c1-18-8-5-9-19(14-18)28(37)30-16-25-31-32-29(34(25)2)41-17-26(36)35-22(15-21(33-35)24-12-7-13-40-24)20-10-6-11-23(38-3)27(20)39-4/h5-14,22H,15-17H2,1-4H3,(H,30,37)/t22-/m1/s1. The molecule has 1 aliphatic rings. The molecule has 0 saturated carbocycles. The van der Waals surface area contributed by atoms with Gasteiger partial charge >= 0.3 is 0 Å². The van der Waals surface area contributed by atoms with E-state index in [2.05, 4.69) is 15.5 Å². The lowest BCUT2D eigenvalue weighted by atomic mass is 9.99. The van der Waals surface area contributed by atoms with Crippen molar-refractivity contribution in [2.24, 2.45) is 12.1 Å². The number of benzene rings is 2. The number of aromatic nitrogens is 3. The van der Waals surface area contributed by atoms with Gasteiger partial charge in [0, 0.05) is 24.6 Å². The van der Waals surface area contributed by atoms with Crippen LogP contribution in [-0.2, 0) is 18.4 Å². The minimum absolute atomic E-state index is 0.103. The zero-order chi connectivity index (χ0) is 28.9. The number of nitrogens with zero attached hydrogens (tertiary/aromatic N) is 5. The van der Waals surface area contributed by atoms with Gasteiger partial charge in [-0.2, -0.15) is 5.10 Å². The fourth-order valence-corrected chi connectivity index (χ4v) is 6.12. The molecule has 41 heavy (non-hydrogen) atoms. The third kappa shape index (κ3) is 6.13. The molecule has 1 aliphatic heterocycles. The van der Waals surface area contributed by atoms with Gasteiger partial charge in [0.25, 0.3) is 11.8 Å². The van der Waals surface area contributed by atoms with Gasteiger partial charge in [-0.15, -0.1) is 21.5 Å². The molecule has 0 radical (unpaired) electrons. The second-order valence-electron chi connectivity index (χ2n) is 9.36. The Morgan fingerprint density at radius 1 is 1.10 bits per heavy atom. The minimum Gasteiger partial charge on any atom is -0.493 e. The van der Waals surface area contributed by atoms with Crippen LogP contribution in [0.2, 0.25) is 0 Å². The average molecular weight is 591 g/mol. The Morgan fingerprint density at radius 3 is 2.66 bits per heavy atom. The van der Waals surface area contributed by atoms with Gasteiger partial charge in [-0.05, 0) is 36.6 Å². The summed E-state index contributed by atoms with van der Waals surface area (Å²) >= 11 is 2.86. The number of aryl methyl sites for hydroxylation is 1. The number of methoxy groups -OCH3 is 2. The second kappa shape index (κ2) is 12.6. The number of carbonyl (C=O) groups is 2. The van der Waals surface area contributed by atoms with Crippen LogP contribution >= 0.6 is 23.1 Å². The maximum absolute atomic E-state index is 13.6. The van der Waals surface area contributed by atoms with Gasteiger partial charge in [0.1, 0.15) is 0 Å². The molecule has 10 nitrogen and oxygen atoms in total. The van der Waals surface area contributed by atoms with Crippen LogP contribution in [-0.4, -0.2) is 57.3 Å². The van der Waals surface area contributed by atoms with Gasteiger partial charge in [-0.1, -0.05) is 47.7 Å². The molecule has 0 unspecified atom stereocenters. The number of nitrogens with one attached hydrogen (secondary N) is 1. The Kier molecular flexibility index (Phi) is 8.70. The maximum Gasteiger partial charge on any atom is 0.253 e. The van der Waals surface area contributed by atoms with Crippen molar-refractivity contribution in [2.75, 3.05) is 20.0 Å². The van der Waals surface area contributed by atoms with Crippen LogP contribution in [0.15, 0.2) is 70.2 Å². The maximum atomic E-state index is 13.6. The molecule has 4 aromatic rings. The zero-order valence-electron chi connectivity index (χ0n) is 23.2. The Labute approximate surface area is 246 Å². The summed E-state index contributed by atoms with van der Waals surface area (Å²) in [6.07, 6.45) is 0.551. The Morgan fingerprint density at radius 2 is 1.93 bits per heavy atom. The van der Waals surface area contributed by atoms with Gasteiger partial charge in [0.2, 0.25) is 0 Å². The molecular weight excluding hydrogens is 560 g/mol. The first kappa shape index (κ1) is 28.4. The van der Waals surface area contributed by atoms with E-state index in [1.54, 1.807) is 41.2 Å². The predicted octanol–water partition coefficient (Wildman–Crippen LogP) is 4.60. The van der Waals surface area contributed by atoms with Gasteiger partial charge in [0.05, 0.1) is 43.1 Å². The van der Waals surface area contributed by atoms with Crippen molar-refractivity contribution in [1.82, 2.24) is 25.1 Å². The van der Waals surface area contributed by atoms with Crippen LogP contribution in [0.1, 0.15) is 44.6 Å². The second-order valence-corrected chi connectivity index (χ2v) is 11.3. The molecule has 2 aromatic heterocycles. The zero-order valence-corrected chi connectivity index (χ0v) is 24.8. The molecule has 0 saturated heterocycles. The number of amides is 2. The number of ether oxygens (including phenoxy) is 2. The molecule has 0 bridgehead atoms. The lowest BCUT2D eigenvalue weighted by Gasteiger charge is -2.24. The number of hydrogen-bond donors (Lipinski definition) is 1. The molecule has 12 heteroatoms. The third-order valence-corrected chi connectivity index (χ3v) is 8.62. The van der Waals surface area contributed by atoms with E-state index in [0.717, 1.165) is 21.7 Å². The summed E-state index contributed by atoms with van der Waals surface area (Å²) in [4.78, 5) is 27.2. The van der Waals surface area contributed by atoms with Crippen LogP contribution in [0.3, 0.4) is 0 Å². The van der Waals surface area contributed by atoms with Crippen molar-refractivity contribution in [3.8, 4) is 11.5 Å². The first-order valence-corrected chi connectivity index (χ1v) is 14.8. The Hall–Kier alpha value is -4.16. The molecule has 0 spiro atoms. The fraction of sp³-hybridized carbons (Fsp3) is 0.276. The number of hydrogen-bond acceptors (Lipinski definition) is 9. The molecule has 0 aliphatic carbocycles. The van der Waals surface area contributed by atoms with E-state index in [4.69, 9.17) is 14.6 Å². The van der Waals surface area contributed by atoms with E-state index in [0.29, 0.717) is 34.5 Å². The van der Waals surface area contributed by atoms with Gasteiger partial charge < -0.3 is 19.4 Å². The summed E-state index contributed by atoms with van der Waals surface area (Å²) in [6, 6.07) is 16.7. The van der Waals surface area contributed by atoms with Crippen molar-refractivity contribution in [2.45, 2.75) is 31.1 Å². The summed E-state index contributed by atoms with van der Waals surface area (Å²) < 4.78 is 13.0. The lowest BCUT2D eigenvalue weighted by Crippen LogP contribution is -2.29. The van der Waals surface area contributed by atoms with Crippen LogP contribution in [0, 0.1) is 6.92 Å². The van der Waals surface area contributed by atoms with Crippen LogP contribution in [0.25, 0.3) is 0 Å². The predicted molar refractivity (Wildman–Crippen MR) is 159 cm³/mol. The topological polar surface area (TPSA) is 111 Å². The van der Waals surface area contributed by atoms with E-state index >= 15 is 0 Å².